The van der Waals surface area contributed by atoms with Gasteiger partial charge in [0.15, 0.2) is 0 Å². The number of thiazole rings is 1. The van der Waals surface area contributed by atoms with E-state index in [0.717, 1.165) is 44.3 Å². The quantitative estimate of drug-likeness (QED) is 0.472. The number of pyridine rings is 1. The molecule has 2 heterocycles. The molecule has 5 heteroatoms. The van der Waals surface area contributed by atoms with E-state index in [1.54, 1.807) is 0 Å². The van der Waals surface area contributed by atoms with E-state index in [1.807, 2.05) is 45.0 Å². The molecule has 0 spiro atoms. The lowest BCUT2D eigenvalue weighted by Gasteiger charge is -2.09. The molecule has 0 saturated carbocycles. The van der Waals surface area contributed by atoms with Gasteiger partial charge in [0.1, 0.15) is 5.00 Å². The van der Waals surface area contributed by atoms with Crippen molar-refractivity contribution in [2.24, 2.45) is 0 Å². The zero-order valence-corrected chi connectivity index (χ0v) is 17.9. The van der Waals surface area contributed by atoms with Crippen LogP contribution < -0.4 is 5.32 Å². The summed E-state index contributed by atoms with van der Waals surface area (Å²) in [6.07, 6.45) is 0.762. The van der Waals surface area contributed by atoms with Crippen molar-refractivity contribution in [3.8, 4) is 0 Å². The van der Waals surface area contributed by atoms with E-state index in [-0.39, 0.29) is 5.91 Å². The van der Waals surface area contributed by atoms with Gasteiger partial charge in [-0.15, -0.1) is 11.3 Å². The maximum atomic E-state index is 13.1. The molecule has 4 aromatic rings. The van der Waals surface area contributed by atoms with Crippen LogP contribution in [-0.2, 0) is 6.42 Å². The highest BCUT2D eigenvalue weighted by atomic mass is 32.1. The number of nitrogens with zero attached hydrogens (tertiary/aromatic N) is 2. The second-order valence-electron chi connectivity index (χ2n) is 7.47. The van der Waals surface area contributed by atoms with Crippen LogP contribution in [0, 0.1) is 27.7 Å². The molecule has 146 valence electrons. The van der Waals surface area contributed by atoms with E-state index in [2.05, 4.69) is 46.5 Å². The highest BCUT2D eigenvalue weighted by molar-refractivity contribution is 7.16. The molecule has 0 saturated heterocycles. The third-order valence-electron chi connectivity index (χ3n) is 4.88. The first-order valence-electron chi connectivity index (χ1n) is 9.60. The van der Waals surface area contributed by atoms with Crippen molar-refractivity contribution in [1.82, 2.24) is 9.97 Å². The molecule has 0 atom stereocenters. The van der Waals surface area contributed by atoms with Crippen molar-refractivity contribution < 1.29 is 4.79 Å². The zero-order valence-electron chi connectivity index (χ0n) is 17.0. The topological polar surface area (TPSA) is 54.9 Å². The summed E-state index contributed by atoms with van der Waals surface area (Å²) in [4.78, 5) is 22.3. The summed E-state index contributed by atoms with van der Waals surface area (Å²) >= 11 is 1.54. The van der Waals surface area contributed by atoms with Gasteiger partial charge < -0.3 is 5.32 Å². The molecule has 2 aromatic heterocycles. The lowest BCUT2D eigenvalue weighted by molar-refractivity contribution is 0.102. The van der Waals surface area contributed by atoms with Crippen LogP contribution >= 0.6 is 11.3 Å². The van der Waals surface area contributed by atoms with E-state index in [9.17, 15) is 4.79 Å². The fourth-order valence-corrected chi connectivity index (χ4v) is 4.35. The number of benzene rings is 2. The van der Waals surface area contributed by atoms with Crippen LogP contribution in [0.15, 0.2) is 48.5 Å². The van der Waals surface area contributed by atoms with Crippen LogP contribution in [0.5, 0.6) is 0 Å². The Labute approximate surface area is 174 Å². The van der Waals surface area contributed by atoms with E-state index < -0.39 is 0 Å². The van der Waals surface area contributed by atoms with Crippen LogP contribution in [0.25, 0.3) is 10.9 Å². The lowest BCUT2D eigenvalue weighted by atomic mass is 10.0. The van der Waals surface area contributed by atoms with Crippen LogP contribution in [-0.4, -0.2) is 15.9 Å². The Bertz CT molecular complexity index is 1210. The molecule has 0 radical (unpaired) electrons. The maximum absolute atomic E-state index is 13.1. The Hall–Kier alpha value is -3.05. The highest BCUT2D eigenvalue weighted by Crippen LogP contribution is 2.28. The molecule has 0 aliphatic rings. The van der Waals surface area contributed by atoms with E-state index in [0.29, 0.717) is 5.56 Å². The Morgan fingerprint density at radius 2 is 1.66 bits per heavy atom. The Morgan fingerprint density at radius 1 is 0.931 bits per heavy atom. The fourth-order valence-electron chi connectivity index (χ4n) is 3.35. The van der Waals surface area contributed by atoms with E-state index >= 15 is 0 Å². The van der Waals surface area contributed by atoms with Gasteiger partial charge in [0, 0.05) is 17.5 Å². The van der Waals surface area contributed by atoms with Crippen molar-refractivity contribution in [2.75, 3.05) is 5.32 Å². The number of nitrogens with one attached hydrogen (secondary N) is 1. The summed E-state index contributed by atoms with van der Waals surface area (Å²) in [6.45, 7) is 7.95. The van der Waals surface area contributed by atoms with Gasteiger partial charge in [-0.05, 0) is 51.5 Å². The second-order valence-corrected chi connectivity index (χ2v) is 8.55. The highest BCUT2D eigenvalue weighted by Gasteiger charge is 2.16. The molecule has 2 aromatic carbocycles. The second kappa shape index (κ2) is 7.76. The van der Waals surface area contributed by atoms with Gasteiger partial charge in [-0.25, -0.2) is 4.98 Å². The molecule has 0 aliphatic carbocycles. The summed E-state index contributed by atoms with van der Waals surface area (Å²) in [6, 6.07) is 16.3. The molecular weight excluding hydrogens is 378 g/mol. The minimum atomic E-state index is -0.125. The molecular formula is C24H23N3OS. The Morgan fingerprint density at radius 3 is 2.41 bits per heavy atom. The summed E-state index contributed by atoms with van der Waals surface area (Å²) < 4.78 is 0. The lowest BCUT2D eigenvalue weighted by Crippen LogP contribution is -2.13. The van der Waals surface area contributed by atoms with Crippen LogP contribution in [0.2, 0.25) is 0 Å². The molecule has 0 bridgehead atoms. The number of carbonyl (C=O) groups excluding carboxylic acids is 1. The molecule has 0 fully saturated rings. The van der Waals surface area contributed by atoms with Gasteiger partial charge in [-0.3, -0.25) is 9.78 Å². The van der Waals surface area contributed by atoms with Crippen molar-refractivity contribution in [3.05, 3.63) is 87.2 Å². The summed E-state index contributed by atoms with van der Waals surface area (Å²) in [5, 5.41) is 5.73. The monoisotopic (exact) mass is 401 g/mol. The summed E-state index contributed by atoms with van der Waals surface area (Å²) in [5.74, 6) is -0.125. The number of hydrogen-bond donors (Lipinski definition) is 1. The third-order valence-corrected chi connectivity index (χ3v) is 5.95. The first kappa shape index (κ1) is 19.3. The van der Waals surface area contributed by atoms with Crippen LogP contribution in [0.4, 0.5) is 5.00 Å². The normalized spacial score (nSPS) is 11.0. The minimum Gasteiger partial charge on any atom is -0.312 e. The SMILES string of the molecule is Cc1ccc(Cc2nc(C)c(NC(=O)c3cc(C)nc4ccc(C)cc34)s2)cc1. The Balaban J connectivity index is 1.61. The summed E-state index contributed by atoms with van der Waals surface area (Å²) in [5.41, 5.74) is 6.71. The average molecular weight is 402 g/mol. The zero-order chi connectivity index (χ0) is 20.5. The minimum absolute atomic E-state index is 0.125. The predicted octanol–water partition coefficient (Wildman–Crippen LogP) is 5.77. The molecule has 0 unspecified atom stereocenters. The third kappa shape index (κ3) is 4.20. The maximum Gasteiger partial charge on any atom is 0.257 e. The van der Waals surface area contributed by atoms with E-state index in [1.165, 1.54) is 22.5 Å². The van der Waals surface area contributed by atoms with Crippen molar-refractivity contribution in [3.63, 3.8) is 0 Å². The molecule has 4 nitrogen and oxygen atoms in total. The number of anilines is 1. The first-order valence-corrected chi connectivity index (χ1v) is 10.4. The van der Waals surface area contributed by atoms with Gasteiger partial charge >= 0.3 is 0 Å². The number of aryl methyl sites for hydroxylation is 4. The van der Waals surface area contributed by atoms with Gasteiger partial charge in [0.05, 0.1) is 21.8 Å². The smallest absolute Gasteiger partial charge is 0.257 e. The number of fused-ring (bicyclic) bond motifs is 1. The molecule has 0 aliphatic heterocycles. The van der Waals surface area contributed by atoms with Crippen molar-refractivity contribution in [1.29, 1.82) is 0 Å². The fraction of sp³-hybridized carbons (Fsp3) is 0.208. The van der Waals surface area contributed by atoms with Gasteiger partial charge in [-0.2, -0.15) is 0 Å². The van der Waals surface area contributed by atoms with Gasteiger partial charge in [0.25, 0.3) is 5.91 Å². The molecule has 1 amide bonds. The standard InChI is InChI=1S/C24H23N3OS/c1-14-5-8-18(9-6-14)13-22-26-17(4)24(29-22)27-23(28)20-12-16(3)25-21-10-7-15(2)11-19(20)21/h5-12H,13H2,1-4H3,(H,27,28). The largest absolute Gasteiger partial charge is 0.312 e. The molecule has 29 heavy (non-hydrogen) atoms. The van der Waals surface area contributed by atoms with E-state index in [4.69, 9.17) is 0 Å². The predicted molar refractivity (Wildman–Crippen MR) is 120 cm³/mol. The molecule has 4 rings (SSSR count). The number of rotatable bonds is 4. The van der Waals surface area contributed by atoms with Gasteiger partial charge in [-0.1, -0.05) is 41.5 Å². The van der Waals surface area contributed by atoms with Crippen LogP contribution in [0.3, 0.4) is 0 Å². The molecule has 1 N–H and O–H groups in total. The summed E-state index contributed by atoms with van der Waals surface area (Å²) in [7, 11) is 0. The van der Waals surface area contributed by atoms with Crippen LogP contribution in [0.1, 0.15) is 43.4 Å². The first-order chi connectivity index (χ1) is 13.9. The number of hydrogen-bond acceptors (Lipinski definition) is 4. The van der Waals surface area contributed by atoms with Crippen molar-refractivity contribution >= 4 is 33.1 Å². The Kier molecular flexibility index (Phi) is 5.16. The van der Waals surface area contributed by atoms with Gasteiger partial charge in [0.2, 0.25) is 0 Å². The average Bonchev–Trinajstić information content (AvgIpc) is 3.02. The number of aromatic nitrogens is 2. The number of amides is 1. The van der Waals surface area contributed by atoms with Crippen molar-refractivity contribution in [2.45, 2.75) is 34.1 Å². The number of carbonyl (C=O) groups is 1.